The normalized spacial score (nSPS) is 25.7. The topological polar surface area (TPSA) is 82.9 Å². The van der Waals surface area contributed by atoms with Crippen molar-refractivity contribution in [1.29, 1.82) is 0 Å². The van der Waals surface area contributed by atoms with E-state index in [1.807, 2.05) is 27.4 Å². The molecule has 30 heavy (non-hydrogen) atoms. The van der Waals surface area contributed by atoms with Crippen molar-refractivity contribution in [2.45, 2.75) is 36.5 Å². The van der Waals surface area contributed by atoms with Gasteiger partial charge in [0.05, 0.1) is 10.9 Å². The Morgan fingerprint density at radius 2 is 1.93 bits per heavy atom. The quantitative estimate of drug-likeness (QED) is 0.711. The molecular formula is C21H24N4O3S2. The molecule has 1 amide bonds. The third-order valence-corrected chi connectivity index (χ3v) is 8.48. The number of amides is 1. The molecular weight excluding hydrogens is 420 g/mol. The number of likely N-dealkylation sites (tertiary alicyclic amines) is 2. The van der Waals surface area contributed by atoms with E-state index in [4.69, 9.17) is 0 Å². The number of nitrogens with zero attached hydrogens (tertiary/aromatic N) is 4. The van der Waals surface area contributed by atoms with E-state index in [-0.39, 0.29) is 16.7 Å². The van der Waals surface area contributed by atoms with E-state index in [0.29, 0.717) is 30.4 Å². The summed E-state index contributed by atoms with van der Waals surface area (Å²) in [5.74, 6) is 0.851. The van der Waals surface area contributed by atoms with Gasteiger partial charge in [-0.2, -0.15) is 8.42 Å². The lowest BCUT2D eigenvalue weighted by atomic mass is 9.93. The monoisotopic (exact) mass is 444 g/mol. The molecule has 2 fully saturated rings. The zero-order valence-electron chi connectivity index (χ0n) is 16.6. The van der Waals surface area contributed by atoms with E-state index in [1.165, 1.54) is 0 Å². The minimum Gasteiger partial charge on any atom is -0.355 e. The number of hydrogen-bond acceptors (Lipinski definition) is 6. The number of carbonyl (C=O) groups is 1. The third-order valence-electron chi connectivity index (χ3n) is 6.22. The molecule has 4 heterocycles. The first-order chi connectivity index (χ1) is 14.5. The van der Waals surface area contributed by atoms with Crippen LogP contribution in [0.15, 0.2) is 45.1 Å². The highest BCUT2D eigenvalue weighted by molar-refractivity contribution is 7.90. The highest BCUT2D eigenvalue weighted by atomic mass is 32.2. The zero-order chi connectivity index (χ0) is 20.7. The molecule has 158 valence electrons. The Hall–Kier alpha value is -2.26. The Labute approximate surface area is 180 Å². The molecule has 0 saturated carbocycles. The number of aromatic nitrogens is 1. The van der Waals surface area contributed by atoms with Crippen LogP contribution in [-0.4, -0.2) is 61.1 Å². The summed E-state index contributed by atoms with van der Waals surface area (Å²) < 4.78 is 28.9. The van der Waals surface area contributed by atoms with Crippen LogP contribution in [0.5, 0.6) is 0 Å². The van der Waals surface area contributed by atoms with Gasteiger partial charge >= 0.3 is 0 Å². The molecule has 5 rings (SSSR count). The zero-order valence-corrected chi connectivity index (χ0v) is 18.2. The highest BCUT2D eigenvalue weighted by Gasteiger charge is 2.37. The minimum atomic E-state index is -3.65. The molecule has 1 aromatic heterocycles. The maximum absolute atomic E-state index is 13.3. The molecule has 0 spiro atoms. The summed E-state index contributed by atoms with van der Waals surface area (Å²) in [5, 5.41) is 3.10. The Balaban J connectivity index is 1.32. The van der Waals surface area contributed by atoms with Gasteiger partial charge in [0.15, 0.2) is 5.84 Å². The first-order valence-corrected chi connectivity index (χ1v) is 12.7. The molecule has 2 unspecified atom stereocenters. The fraction of sp³-hybridized carbons (Fsp3) is 0.476. The first kappa shape index (κ1) is 19.7. The van der Waals surface area contributed by atoms with Gasteiger partial charge in [0.1, 0.15) is 4.90 Å². The van der Waals surface area contributed by atoms with Crippen LogP contribution in [0.3, 0.4) is 0 Å². The summed E-state index contributed by atoms with van der Waals surface area (Å²) in [6.45, 7) is 2.74. The SMILES string of the molecule is O=C(C1CCCN(C2=NS(=O)(=O)c3ccccc32)C1)N1CCCC(c2nccs2)C1. The van der Waals surface area contributed by atoms with Crippen LogP contribution in [0.4, 0.5) is 0 Å². The van der Waals surface area contributed by atoms with Crippen molar-refractivity contribution in [1.82, 2.24) is 14.8 Å². The number of fused-ring (bicyclic) bond motifs is 1. The van der Waals surface area contributed by atoms with Gasteiger partial charge in [0.25, 0.3) is 10.0 Å². The van der Waals surface area contributed by atoms with E-state index in [9.17, 15) is 13.2 Å². The average Bonchev–Trinajstić information content (AvgIpc) is 3.41. The number of carbonyl (C=O) groups excluding carboxylic acids is 1. The van der Waals surface area contributed by atoms with Crippen molar-refractivity contribution < 1.29 is 13.2 Å². The fourth-order valence-corrected chi connectivity index (χ4v) is 6.76. The first-order valence-electron chi connectivity index (χ1n) is 10.4. The van der Waals surface area contributed by atoms with Crippen molar-refractivity contribution in [2.75, 3.05) is 26.2 Å². The average molecular weight is 445 g/mol. The number of piperidine rings is 2. The summed E-state index contributed by atoms with van der Waals surface area (Å²) >= 11 is 1.66. The number of sulfonamides is 1. The smallest absolute Gasteiger partial charge is 0.285 e. The van der Waals surface area contributed by atoms with Crippen LogP contribution in [-0.2, 0) is 14.8 Å². The van der Waals surface area contributed by atoms with Gasteiger partial charge in [-0.25, -0.2) is 4.98 Å². The summed E-state index contributed by atoms with van der Waals surface area (Å²) in [7, 11) is -3.65. The minimum absolute atomic E-state index is 0.132. The largest absolute Gasteiger partial charge is 0.355 e. The Kier molecular flexibility index (Phi) is 5.10. The maximum atomic E-state index is 13.3. The van der Waals surface area contributed by atoms with Crippen LogP contribution >= 0.6 is 11.3 Å². The highest BCUT2D eigenvalue weighted by Crippen LogP contribution is 2.32. The summed E-state index contributed by atoms with van der Waals surface area (Å²) in [6, 6.07) is 6.94. The van der Waals surface area contributed by atoms with Crippen molar-refractivity contribution in [3.63, 3.8) is 0 Å². The molecule has 9 heteroatoms. The predicted molar refractivity (Wildman–Crippen MR) is 115 cm³/mol. The lowest BCUT2D eigenvalue weighted by molar-refractivity contribution is -0.138. The molecule has 0 bridgehead atoms. The van der Waals surface area contributed by atoms with Gasteiger partial charge in [-0.05, 0) is 37.8 Å². The Bertz CT molecular complexity index is 1080. The third kappa shape index (κ3) is 3.54. The Morgan fingerprint density at radius 1 is 1.10 bits per heavy atom. The lowest BCUT2D eigenvalue weighted by Gasteiger charge is -2.38. The van der Waals surface area contributed by atoms with Crippen LogP contribution in [0.2, 0.25) is 0 Å². The van der Waals surface area contributed by atoms with Crippen LogP contribution in [0, 0.1) is 5.92 Å². The van der Waals surface area contributed by atoms with Crippen molar-refractivity contribution in [3.05, 3.63) is 46.4 Å². The summed E-state index contributed by atoms with van der Waals surface area (Å²) in [4.78, 5) is 22.0. The van der Waals surface area contributed by atoms with Gasteiger partial charge in [-0.3, -0.25) is 4.79 Å². The molecule has 2 saturated heterocycles. The number of rotatable bonds is 2. The van der Waals surface area contributed by atoms with E-state index in [1.54, 1.807) is 29.5 Å². The maximum Gasteiger partial charge on any atom is 0.285 e. The molecule has 2 atom stereocenters. The van der Waals surface area contributed by atoms with E-state index >= 15 is 0 Å². The molecule has 3 aliphatic rings. The molecule has 3 aliphatic heterocycles. The molecule has 0 N–H and O–H groups in total. The van der Waals surface area contributed by atoms with Crippen LogP contribution in [0.1, 0.15) is 42.2 Å². The van der Waals surface area contributed by atoms with Crippen LogP contribution in [0.25, 0.3) is 0 Å². The van der Waals surface area contributed by atoms with Gasteiger partial charge in [0.2, 0.25) is 5.91 Å². The molecule has 1 aromatic carbocycles. The number of thiazole rings is 1. The molecule has 0 aliphatic carbocycles. The van der Waals surface area contributed by atoms with Gasteiger partial charge in [0, 0.05) is 49.2 Å². The Morgan fingerprint density at radius 3 is 2.77 bits per heavy atom. The fourth-order valence-electron chi connectivity index (χ4n) is 4.76. The van der Waals surface area contributed by atoms with Crippen molar-refractivity contribution in [2.24, 2.45) is 10.3 Å². The van der Waals surface area contributed by atoms with E-state index in [0.717, 1.165) is 43.8 Å². The van der Waals surface area contributed by atoms with Crippen molar-refractivity contribution in [3.8, 4) is 0 Å². The van der Waals surface area contributed by atoms with E-state index in [2.05, 4.69) is 9.38 Å². The number of benzene rings is 1. The number of amidine groups is 1. The second kappa shape index (κ2) is 7.77. The van der Waals surface area contributed by atoms with Gasteiger partial charge in [-0.15, -0.1) is 15.7 Å². The van der Waals surface area contributed by atoms with Crippen molar-refractivity contribution >= 4 is 33.1 Å². The second-order valence-electron chi connectivity index (χ2n) is 8.17. The van der Waals surface area contributed by atoms with Crippen LogP contribution < -0.4 is 0 Å². The van der Waals surface area contributed by atoms with Gasteiger partial charge < -0.3 is 9.80 Å². The predicted octanol–water partition coefficient (Wildman–Crippen LogP) is 2.71. The van der Waals surface area contributed by atoms with E-state index < -0.39 is 10.0 Å². The molecule has 7 nitrogen and oxygen atoms in total. The summed E-state index contributed by atoms with van der Waals surface area (Å²) in [6.07, 6.45) is 5.56. The second-order valence-corrected chi connectivity index (χ2v) is 10.7. The summed E-state index contributed by atoms with van der Waals surface area (Å²) in [5.41, 5.74) is 0.646. The lowest BCUT2D eigenvalue weighted by Crippen LogP contribution is -2.48. The standard InChI is InChI=1S/C21H24N4O3S2/c26-21(25-11-3-5-15(13-25)20-22-9-12-29-20)16-6-4-10-24(14-16)19-17-7-1-2-8-18(17)30(27,28)23-19/h1-2,7-9,12,15-16H,3-6,10-11,13-14H2. The van der Waals surface area contributed by atoms with Gasteiger partial charge in [-0.1, -0.05) is 12.1 Å². The number of hydrogen-bond donors (Lipinski definition) is 0. The molecule has 0 radical (unpaired) electrons. The molecule has 2 aromatic rings.